The van der Waals surface area contributed by atoms with Crippen LogP contribution < -0.4 is 4.72 Å². The molecule has 0 bridgehead atoms. The van der Waals surface area contributed by atoms with Crippen LogP contribution in [0.1, 0.15) is 19.8 Å². The van der Waals surface area contributed by atoms with E-state index >= 15 is 0 Å². The lowest BCUT2D eigenvalue weighted by Crippen LogP contribution is -2.36. The van der Waals surface area contributed by atoms with Crippen molar-refractivity contribution < 1.29 is 12.6 Å². The fraction of sp³-hybridized carbons (Fsp3) is 0.750. The van der Waals surface area contributed by atoms with E-state index in [9.17, 15) is 8.42 Å². The number of nitrogens with one attached hydrogen (secondary N) is 1. The highest BCUT2D eigenvalue weighted by Crippen LogP contribution is 2.26. The fourth-order valence-electron chi connectivity index (χ4n) is 0.900. The number of hydrogen-bond donors (Lipinski definition) is 1. The lowest BCUT2D eigenvalue weighted by atomic mass is 10.2. The molecule has 96 valence electrons. The van der Waals surface area contributed by atoms with Gasteiger partial charge >= 0.3 is 10.3 Å². The third-order valence-corrected chi connectivity index (χ3v) is 2.90. The molecule has 0 saturated carbocycles. The number of hydrogen-bond acceptors (Lipinski definition) is 3. The van der Waals surface area contributed by atoms with Crippen molar-refractivity contribution in [3.8, 4) is 0 Å². The van der Waals surface area contributed by atoms with Crippen LogP contribution in [0.4, 0.5) is 0 Å². The second kappa shape index (κ2) is 7.03. The minimum atomic E-state index is -3.92. The molecule has 1 unspecified atom stereocenters. The van der Waals surface area contributed by atoms with Gasteiger partial charge in [-0.05, 0) is 6.42 Å². The normalized spacial score (nSPS) is 14.8. The standard InChI is InChI=1S/C8H14Cl3NO3S/c1-3-5-7(4-2)12-16(13,14)15-6-8(9,10)11/h4,7,12H,2-3,5-6H2,1H3. The summed E-state index contributed by atoms with van der Waals surface area (Å²) in [5.74, 6) is 0. The molecule has 0 aliphatic rings. The molecule has 0 aromatic rings. The van der Waals surface area contributed by atoms with Crippen molar-refractivity contribution in [1.82, 2.24) is 4.72 Å². The quantitative estimate of drug-likeness (QED) is 0.581. The van der Waals surface area contributed by atoms with E-state index in [2.05, 4.69) is 15.5 Å². The summed E-state index contributed by atoms with van der Waals surface area (Å²) in [7, 11) is -3.92. The van der Waals surface area contributed by atoms with Crippen molar-refractivity contribution in [1.29, 1.82) is 0 Å². The van der Waals surface area contributed by atoms with Crippen LogP contribution in [-0.2, 0) is 14.5 Å². The van der Waals surface area contributed by atoms with Gasteiger partial charge in [-0.15, -0.1) is 6.58 Å². The number of halogens is 3. The topological polar surface area (TPSA) is 55.4 Å². The van der Waals surface area contributed by atoms with E-state index in [1.54, 1.807) is 0 Å². The van der Waals surface area contributed by atoms with Gasteiger partial charge in [-0.1, -0.05) is 54.2 Å². The lowest BCUT2D eigenvalue weighted by Gasteiger charge is -2.15. The second-order valence-corrected chi connectivity index (χ2v) is 6.98. The van der Waals surface area contributed by atoms with Crippen molar-refractivity contribution in [3.63, 3.8) is 0 Å². The predicted molar refractivity (Wildman–Crippen MR) is 67.2 cm³/mol. The molecule has 0 saturated heterocycles. The first-order chi connectivity index (χ1) is 7.20. The Morgan fingerprint density at radius 1 is 1.50 bits per heavy atom. The summed E-state index contributed by atoms with van der Waals surface area (Å²) in [6.07, 6.45) is 2.92. The van der Waals surface area contributed by atoms with Crippen LogP contribution in [0.5, 0.6) is 0 Å². The van der Waals surface area contributed by atoms with Gasteiger partial charge in [0.15, 0.2) is 0 Å². The van der Waals surface area contributed by atoms with Gasteiger partial charge in [0, 0.05) is 6.04 Å². The van der Waals surface area contributed by atoms with Gasteiger partial charge < -0.3 is 0 Å². The third-order valence-electron chi connectivity index (χ3n) is 1.56. The van der Waals surface area contributed by atoms with Crippen LogP contribution in [0, 0.1) is 0 Å². The molecule has 0 spiro atoms. The zero-order valence-corrected chi connectivity index (χ0v) is 11.8. The molecular weight excluding hydrogens is 297 g/mol. The van der Waals surface area contributed by atoms with Crippen LogP contribution in [0.15, 0.2) is 12.7 Å². The van der Waals surface area contributed by atoms with Crippen LogP contribution in [0.3, 0.4) is 0 Å². The van der Waals surface area contributed by atoms with Crippen LogP contribution >= 0.6 is 34.8 Å². The first kappa shape index (κ1) is 16.5. The van der Waals surface area contributed by atoms with Gasteiger partial charge in [0.2, 0.25) is 3.79 Å². The Labute approximate surface area is 111 Å². The molecule has 0 heterocycles. The molecule has 0 fully saturated rings. The van der Waals surface area contributed by atoms with Crippen molar-refractivity contribution in [2.45, 2.75) is 29.6 Å². The minimum Gasteiger partial charge on any atom is -0.254 e. The summed E-state index contributed by atoms with van der Waals surface area (Å²) in [6, 6.07) is -0.384. The number of rotatable bonds is 7. The fourth-order valence-corrected chi connectivity index (χ4v) is 2.24. The van der Waals surface area contributed by atoms with Gasteiger partial charge in [-0.2, -0.15) is 13.1 Å². The molecule has 16 heavy (non-hydrogen) atoms. The van der Waals surface area contributed by atoms with Gasteiger partial charge in [0.25, 0.3) is 0 Å². The highest BCUT2D eigenvalue weighted by atomic mass is 35.6. The summed E-state index contributed by atoms with van der Waals surface area (Å²) >= 11 is 16.1. The molecule has 0 aromatic heterocycles. The summed E-state index contributed by atoms with van der Waals surface area (Å²) in [5.41, 5.74) is 0. The molecular formula is C8H14Cl3NO3S. The second-order valence-electron chi connectivity index (χ2n) is 3.08. The molecule has 0 aliphatic carbocycles. The SMILES string of the molecule is C=CC(CCC)NS(=O)(=O)OCC(Cl)(Cl)Cl. The Balaban J connectivity index is 4.28. The monoisotopic (exact) mass is 309 g/mol. The van der Waals surface area contributed by atoms with E-state index in [0.717, 1.165) is 6.42 Å². The maximum atomic E-state index is 11.4. The predicted octanol–water partition coefficient (Wildman–Crippen LogP) is 2.56. The van der Waals surface area contributed by atoms with E-state index in [0.29, 0.717) is 6.42 Å². The molecule has 1 N–H and O–H groups in total. The maximum absolute atomic E-state index is 11.4. The Bertz CT molecular complexity index is 313. The Morgan fingerprint density at radius 2 is 2.06 bits per heavy atom. The Kier molecular flexibility index (Phi) is 7.25. The lowest BCUT2D eigenvalue weighted by molar-refractivity contribution is 0.315. The molecule has 0 amide bonds. The molecule has 0 aliphatic heterocycles. The summed E-state index contributed by atoms with van der Waals surface area (Å²) in [4.78, 5) is 0. The minimum absolute atomic E-state index is 0.384. The van der Waals surface area contributed by atoms with E-state index in [4.69, 9.17) is 34.8 Å². The van der Waals surface area contributed by atoms with Gasteiger partial charge in [0.1, 0.15) is 6.61 Å². The Hall–Kier alpha value is 0.480. The average Bonchev–Trinajstić information content (AvgIpc) is 2.13. The molecule has 8 heteroatoms. The zero-order valence-electron chi connectivity index (χ0n) is 8.75. The smallest absolute Gasteiger partial charge is 0.254 e. The van der Waals surface area contributed by atoms with Crippen molar-refractivity contribution >= 4 is 45.1 Å². The first-order valence-corrected chi connectivity index (χ1v) is 7.10. The van der Waals surface area contributed by atoms with E-state index in [-0.39, 0.29) is 6.04 Å². The summed E-state index contributed by atoms with van der Waals surface area (Å²) in [5, 5.41) is 0. The molecule has 0 aromatic carbocycles. The van der Waals surface area contributed by atoms with E-state index in [1.165, 1.54) is 6.08 Å². The highest BCUT2D eigenvalue weighted by Gasteiger charge is 2.25. The molecule has 4 nitrogen and oxygen atoms in total. The average molecular weight is 311 g/mol. The highest BCUT2D eigenvalue weighted by molar-refractivity contribution is 7.84. The van der Waals surface area contributed by atoms with E-state index < -0.39 is 20.7 Å². The molecule has 0 radical (unpaired) electrons. The van der Waals surface area contributed by atoms with Crippen LogP contribution in [-0.4, -0.2) is 24.9 Å². The molecule has 0 rings (SSSR count). The van der Waals surface area contributed by atoms with Gasteiger partial charge in [-0.25, -0.2) is 0 Å². The largest absolute Gasteiger partial charge is 0.336 e. The summed E-state index contributed by atoms with van der Waals surface area (Å²) < 4.78 is 27.7. The van der Waals surface area contributed by atoms with Gasteiger partial charge in [-0.3, -0.25) is 4.18 Å². The maximum Gasteiger partial charge on any atom is 0.336 e. The van der Waals surface area contributed by atoms with Gasteiger partial charge in [0.05, 0.1) is 0 Å². The zero-order chi connectivity index (χ0) is 12.8. The summed E-state index contributed by atoms with van der Waals surface area (Å²) in [6.45, 7) is 4.90. The molecule has 1 atom stereocenters. The first-order valence-electron chi connectivity index (χ1n) is 4.56. The van der Waals surface area contributed by atoms with Crippen LogP contribution in [0.2, 0.25) is 0 Å². The Morgan fingerprint density at radius 3 is 2.44 bits per heavy atom. The van der Waals surface area contributed by atoms with Crippen molar-refractivity contribution in [2.75, 3.05) is 6.61 Å². The number of alkyl halides is 3. The van der Waals surface area contributed by atoms with Crippen molar-refractivity contribution in [3.05, 3.63) is 12.7 Å². The third kappa shape index (κ3) is 8.61. The van der Waals surface area contributed by atoms with Crippen molar-refractivity contribution in [2.24, 2.45) is 0 Å². The van der Waals surface area contributed by atoms with E-state index in [1.807, 2.05) is 6.92 Å². The van der Waals surface area contributed by atoms with Crippen LogP contribution in [0.25, 0.3) is 0 Å².